The predicted octanol–water partition coefficient (Wildman–Crippen LogP) is 3.21. The lowest BCUT2D eigenvalue weighted by molar-refractivity contribution is -0.142. The average Bonchev–Trinajstić information content (AvgIpc) is 2.70. The monoisotopic (exact) mass is 371 g/mol. The first-order chi connectivity index (χ1) is 13.0. The van der Waals surface area contributed by atoms with Gasteiger partial charge in [0.1, 0.15) is 0 Å². The van der Waals surface area contributed by atoms with E-state index in [-0.39, 0.29) is 12.3 Å². The van der Waals surface area contributed by atoms with Crippen molar-refractivity contribution < 1.29 is 24.2 Å². The number of amides is 1. The van der Waals surface area contributed by atoms with E-state index in [0.29, 0.717) is 17.9 Å². The van der Waals surface area contributed by atoms with Gasteiger partial charge in [0.25, 0.3) is 0 Å². The molecule has 0 bridgehead atoms. The Kier molecular flexibility index (Phi) is 7.23. The van der Waals surface area contributed by atoms with Crippen LogP contribution in [0.5, 0.6) is 11.5 Å². The van der Waals surface area contributed by atoms with Gasteiger partial charge in [-0.25, -0.2) is 0 Å². The van der Waals surface area contributed by atoms with Gasteiger partial charge < -0.3 is 19.9 Å². The van der Waals surface area contributed by atoms with Crippen LogP contribution in [0, 0.1) is 5.92 Å². The largest absolute Gasteiger partial charge is 0.493 e. The Morgan fingerprint density at radius 2 is 1.70 bits per heavy atom. The Bertz CT molecular complexity index is 775. The Hall–Kier alpha value is -3.02. The number of hydrogen-bond acceptors (Lipinski definition) is 4. The molecule has 27 heavy (non-hydrogen) atoms. The Morgan fingerprint density at radius 1 is 1.04 bits per heavy atom. The third-order valence-corrected chi connectivity index (χ3v) is 4.45. The van der Waals surface area contributed by atoms with Crippen molar-refractivity contribution in [3.63, 3.8) is 0 Å². The summed E-state index contributed by atoms with van der Waals surface area (Å²) in [4.78, 5) is 23.9. The van der Waals surface area contributed by atoms with E-state index >= 15 is 0 Å². The number of nitrogens with one attached hydrogen (secondary N) is 1. The minimum atomic E-state index is -0.955. The molecule has 0 aliphatic rings. The summed E-state index contributed by atoms with van der Waals surface area (Å²) in [7, 11) is 3.13. The van der Waals surface area contributed by atoms with Gasteiger partial charge in [0, 0.05) is 6.42 Å². The molecule has 0 saturated heterocycles. The van der Waals surface area contributed by atoms with Gasteiger partial charge in [0.2, 0.25) is 5.91 Å². The number of benzene rings is 2. The molecule has 0 saturated carbocycles. The van der Waals surface area contributed by atoms with E-state index < -0.39 is 17.9 Å². The summed E-state index contributed by atoms with van der Waals surface area (Å²) in [5, 5.41) is 12.2. The van der Waals surface area contributed by atoms with Crippen LogP contribution in [0.25, 0.3) is 0 Å². The number of rotatable bonds is 9. The summed E-state index contributed by atoms with van der Waals surface area (Å²) in [5.41, 5.74) is 1.71. The third kappa shape index (κ3) is 5.48. The van der Waals surface area contributed by atoms with E-state index in [9.17, 15) is 14.7 Å². The topological polar surface area (TPSA) is 84.9 Å². The molecule has 2 N–H and O–H groups in total. The molecule has 0 radical (unpaired) electrons. The number of carbonyl (C=O) groups excluding carboxylic acids is 1. The molecular formula is C21H25NO5. The molecule has 0 fully saturated rings. The van der Waals surface area contributed by atoms with Crippen LogP contribution in [0.15, 0.2) is 48.5 Å². The van der Waals surface area contributed by atoms with Crippen LogP contribution in [0.3, 0.4) is 0 Å². The molecule has 0 heterocycles. The van der Waals surface area contributed by atoms with E-state index in [1.807, 2.05) is 42.5 Å². The molecule has 2 atom stereocenters. The second-order valence-corrected chi connectivity index (χ2v) is 6.27. The molecule has 2 aromatic carbocycles. The average molecular weight is 371 g/mol. The summed E-state index contributed by atoms with van der Waals surface area (Å²) < 4.78 is 10.5. The molecule has 6 heteroatoms. The highest BCUT2D eigenvalue weighted by Crippen LogP contribution is 2.28. The highest BCUT2D eigenvalue weighted by molar-refractivity contribution is 5.78. The summed E-state index contributed by atoms with van der Waals surface area (Å²) in [6, 6.07) is 14.1. The maximum atomic E-state index is 12.4. The molecule has 1 amide bonds. The summed E-state index contributed by atoms with van der Waals surface area (Å²) in [6.45, 7) is 1.59. The lowest BCUT2D eigenvalue weighted by Gasteiger charge is -2.23. The Morgan fingerprint density at radius 3 is 2.30 bits per heavy atom. The summed E-state index contributed by atoms with van der Waals surface area (Å²) >= 11 is 0. The van der Waals surface area contributed by atoms with Gasteiger partial charge in [-0.3, -0.25) is 9.59 Å². The first kappa shape index (κ1) is 20.3. The first-order valence-corrected chi connectivity index (χ1v) is 8.74. The van der Waals surface area contributed by atoms with Crippen LogP contribution in [0.2, 0.25) is 0 Å². The maximum Gasteiger partial charge on any atom is 0.308 e. The van der Waals surface area contributed by atoms with Crippen LogP contribution in [0.1, 0.15) is 30.5 Å². The van der Waals surface area contributed by atoms with Gasteiger partial charge in [0.15, 0.2) is 11.5 Å². The van der Waals surface area contributed by atoms with E-state index in [0.717, 1.165) is 11.1 Å². The van der Waals surface area contributed by atoms with Crippen molar-refractivity contribution in [2.45, 2.75) is 25.8 Å². The first-order valence-electron chi connectivity index (χ1n) is 8.74. The standard InChI is InChI=1S/C21H25NO5/c1-14(21(24)25)20(16-7-5-4-6-8-16)22-19(23)12-10-15-9-11-17(26-2)18(13-15)27-3/h4-9,11,13-14,20H,10,12H2,1-3H3,(H,22,23)(H,24,25). The van der Waals surface area contributed by atoms with E-state index in [4.69, 9.17) is 9.47 Å². The van der Waals surface area contributed by atoms with Gasteiger partial charge in [-0.2, -0.15) is 0 Å². The third-order valence-electron chi connectivity index (χ3n) is 4.45. The van der Waals surface area contributed by atoms with Gasteiger partial charge in [0.05, 0.1) is 26.2 Å². The minimum absolute atomic E-state index is 0.202. The smallest absolute Gasteiger partial charge is 0.308 e. The number of aliphatic carboxylic acids is 1. The Balaban J connectivity index is 2.05. The van der Waals surface area contributed by atoms with Gasteiger partial charge in [-0.05, 0) is 36.6 Å². The normalized spacial score (nSPS) is 12.7. The number of hydrogen-bond donors (Lipinski definition) is 2. The quantitative estimate of drug-likeness (QED) is 0.707. The molecular weight excluding hydrogens is 346 g/mol. The van der Waals surface area contributed by atoms with Gasteiger partial charge in [-0.15, -0.1) is 0 Å². The number of aryl methyl sites for hydroxylation is 1. The van der Waals surface area contributed by atoms with Crippen molar-refractivity contribution in [2.24, 2.45) is 5.92 Å². The number of ether oxygens (including phenoxy) is 2. The highest BCUT2D eigenvalue weighted by atomic mass is 16.5. The second kappa shape index (κ2) is 9.62. The molecule has 0 aliphatic carbocycles. The van der Waals surface area contributed by atoms with E-state index in [1.165, 1.54) is 0 Å². The number of carboxylic acids is 1. The predicted molar refractivity (Wildman–Crippen MR) is 102 cm³/mol. The van der Waals surface area contributed by atoms with Crippen LogP contribution in [-0.4, -0.2) is 31.2 Å². The molecule has 6 nitrogen and oxygen atoms in total. The van der Waals surface area contributed by atoms with E-state index in [2.05, 4.69) is 5.32 Å². The number of carboxylic acid groups (broad SMARTS) is 1. The van der Waals surface area contributed by atoms with E-state index in [1.54, 1.807) is 27.2 Å². The second-order valence-electron chi connectivity index (χ2n) is 6.27. The van der Waals surface area contributed by atoms with Crippen LogP contribution < -0.4 is 14.8 Å². The van der Waals surface area contributed by atoms with Crippen molar-refractivity contribution >= 4 is 11.9 Å². The molecule has 0 aliphatic heterocycles. The zero-order valence-electron chi connectivity index (χ0n) is 15.8. The molecule has 2 rings (SSSR count). The van der Waals surface area contributed by atoms with Crippen molar-refractivity contribution in [1.29, 1.82) is 0 Å². The molecule has 2 aromatic rings. The van der Waals surface area contributed by atoms with Crippen LogP contribution in [0.4, 0.5) is 0 Å². The fraction of sp³-hybridized carbons (Fsp3) is 0.333. The highest BCUT2D eigenvalue weighted by Gasteiger charge is 2.26. The minimum Gasteiger partial charge on any atom is -0.493 e. The number of methoxy groups -OCH3 is 2. The molecule has 0 aromatic heterocycles. The molecule has 0 spiro atoms. The van der Waals surface area contributed by atoms with Gasteiger partial charge in [-0.1, -0.05) is 36.4 Å². The zero-order chi connectivity index (χ0) is 19.8. The fourth-order valence-corrected chi connectivity index (χ4v) is 2.84. The zero-order valence-corrected chi connectivity index (χ0v) is 15.8. The SMILES string of the molecule is COc1ccc(CCC(=O)NC(c2ccccc2)C(C)C(=O)O)cc1OC. The van der Waals surface area contributed by atoms with Crippen LogP contribution >= 0.6 is 0 Å². The maximum absolute atomic E-state index is 12.4. The van der Waals surface area contributed by atoms with Gasteiger partial charge >= 0.3 is 5.97 Å². The van der Waals surface area contributed by atoms with Crippen LogP contribution in [-0.2, 0) is 16.0 Å². The summed E-state index contributed by atoms with van der Waals surface area (Å²) in [6.07, 6.45) is 0.750. The Labute approximate surface area is 159 Å². The number of carbonyl (C=O) groups is 2. The van der Waals surface area contributed by atoms with Crippen molar-refractivity contribution in [3.8, 4) is 11.5 Å². The lowest BCUT2D eigenvalue weighted by Crippen LogP contribution is -2.35. The molecule has 2 unspecified atom stereocenters. The van der Waals surface area contributed by atoms with Crippen molar-refractivity contribution in [2.75, 3.05) is 14.2 Å². The molecule has 144 valence electrons. The lowest BCUT2D eigenvalue weighted by atomic mass is 9.94. The summed E-state index contributed by atoms with van der Waals surface area (Å²) in [5.74, 6) is -0.657. The van der Waals surface area contributed by atoms with Crippen molar-refractivity contribution in [1.82, 2.24) is 5.32 Å². The van der Waals surface area contributed by atoms with Crippen molar-refractivity contribution in [3.05, 3.63) is 59.7 Å². The fourth-order valence-electron chi connectivity index (χ4n) is 2.84.